The van der Waals surface area contributed by atoms with E-state index in [1.807, 2.05) is 0 Å². The van der Waals surface area contributed by atoms with Gasteiger partial charge in [0.2, 0.25) is 0 Å². The fourth-order valence-electron chi connectivity index (χ4n) is 2.13. The lowest BCUT2D eigenvalue weighted by Gasteiger charge is -2.12. The molecule has 3 heteroatoms. The third-order valence-corrected chi connectivity index (χ3v) is 3.01. The monoisotopic (exact) mass is 211 g/mol. The molecule has 1 fully saturated rings. The molecule has 0 spiro atoms. The Morgan fingerprint density at radius 1 is 1.13 bits per heavy atom. The molecular weight excluding hydrogens is 196 g/mol. The minimum absolute atomic E-state index is 0.0180. The van der Waals surface area contributed by atoms with Crippen LogP contribution in [0.2, 0.25) is 0 Å². The fourth-order valence-corrected chi connectivity index (χ4v) is 2.13. The van der Waals surface area contributed by atoms with Gasteiger partial charge < -0.3 is 5.32 Å². The summed E-state index contributed by atoms with van der Waals surface area (Å²) in [4.78, 5) is 0. The smallest absolute Gasteiger partial charge is 0.149 e. The van der Waals surface area contributed by atoms with Crippen LogP contribution >= 0.6 is 0 Å². The van der Waals surface area contributed by atoms with Gasteiger partial charge in [0, 0.05) is 6.54 Å². The average Bonchev–Trinajstić information content (AvgIpc) is 2.70. The Kier molecular flexibility index (Phi) is 3.19. The zero-order valence-electron chi connectivity index (χ0n) is 8.60. The van der Waals surface area contributed by atoms with E-state index in [2.05, 4.69) is 5.32 Å². The van der Waals surface area contributed by atoms with Crippen LogP contribution in [0.5, 0.6) is 0 Å². The van der Waals surface area contributed by atoms with Gasteiger partial charge in [-0.05, 0) is 30.9 Å². The highest BCUT2D eigenvalue weighted by atomic mass is 19.1. The number of hydrogen-bond acceptors (Lipinski definition) is 1. The quantitative estimate of drug-likeness (QED) is 0.806. The van der Waals surface area contributed by atoms with E-state index >= 15 is 0 Å². The van der Waals surface area contributed by atoms with E-state index in [0.717, 1.165) is 0 Å². The Hall–Kier alpha value is -1.12. The molecule has 15 heavy (non-hydrogen) atoms. The van der Waals surface area contributed by atoms with Gasteiger partial charge in [0.1, 0.15) is 17.3 Å². The van der Waals surface area contributed by atoms with E-state index < -0.39 is 11.6 Å². The Labute approximate surface area is 88.5 Å². The lowest BCUT2D eigenvalue weighted by molar-refractivity contribution is 0.559. The number of benzene rings is 1. The first-order valence-corrected chi connectivity index (χ1v) is 5.45. The first kappa shape index (κ1) is 10.4. The lowest BCUT2D eigenvalue weighted by Crippen LogP contribution is -2.13. The molecular formula is C12H15F2N. The van der Waals surface area contributed by atoms with Crippen LogP contribution < -0.4 is 5.32 Å². The van der Waals surface area contributed by atoms with Gasteiger partial charge in [-0.3, -0.25) is 0 Å². The molecule has 1 aliphatic carbocycles. The second-order valence-electron chi connectivity index (χ2n) is 4.13. The van der Waals surface area contributed by atoms with E-state index in [1.165, 1.54) is 43.9 Å². The van der Waals surface area contributed by atoms with Crippen LogP contribution in [0.1, 0.15) is 25.7 Å². The highest BCUT2D eigenvalue weighted by Crippen LogP contribution is 2.26. The van der Waals surface area contributed by atoms with Gasteiger partial charge in [-0.1, -0.05) is 18.9 Å². The largest absolute Gasteiger partial charge is 0.380 e. The third kappa shape index (κ3) is 2.46. The molecule has 0 amide bonds. The third-order valence-electron chi connectivity index (χ3n) is 3.01. The van der Waals surface area contributed by atoms with Crippen molar-refractivity contribution in [2.75, 3.05) is 11.9 Å². The van der Waals surface area contributed by atoms with Crippen LogP contribution in [0.15, 0.2) is 18.2 Å². The SMILES string of the molecule is Fc1cccc(F)c1NCC1CCCC1. The van der Waals surface area contributed by atoms with Crippen molar-refractivity contribution in [3.05, 3.63) is 29.8 Å². The number of para-hydroxylation sites is 1. The molecule has 0 radical (unpaired) electrons. The summed E-state index contributed by atoms with van der Waals surface area (Å²) in [6.07, 6.45) is 4.82. The van der Waals surface area contributed by atoms with Gasteiger partial charge in [-0.25, -0.2) is 8.78 Å². The molecule has 2 rings (SSSR count). The molecule has 0 bridgehead atoms. The maximum absolute atomic E-state index is 13.2. The molecule has 82 valence electrons. The molecule has 0 atom stereocenters. The number of anilines is 1. The fraction of sp³-hybridized carbons (Fsp3) is 0.500. The van der Waals surface area contributed by atoms with Crippen molar-refractivity contribution in [3.63, 3.8) is 0 Å². The molecule has 0 heterocycles. The van der Waals surface area contributed by atoms with E-state index in [9.17, 15) is 8.78 Å². The predicted molar refractivity (Wildman–Crippen MR) is 56.8 cm³/mol. The maximum Gasteiger partial charge on any atom is 0.149 e. The molecule has 1 aromatic rings. The summed E-state index contributed by atoms with van der Waals surface area (Å²) < 4.78 is 26.4. The second-order valence-corrected chi connectivity index (χ2v) is 4.13. The molecule has 0 aromatic heterocycles. The summed E-state index contributed by atoms with van der Waals surface area (Å²) in [5.41, 5.74) is 0.0180. The van der Waals surface area contributed by atoms with Gasteiger partial charge in [0.15, 0.2) is 0 Å². The Morgan fingerprint density at radius 2 is 1.73 bits per heavy atom. The van der Waals surface area contributed by atoms with Crippen LogP contribution in [0, 0.1) is 17.6 Å². The van der Waals surface area contributed by atoms with Crippen molar-refractivity contribution in [1.29, 1.82) is 0 Å². The Bertz CT molecular complexity index is 312. The van der Waals surface area contributed by atoms with Crippen LogP contribution in [0.25, 0.3) is 0 Å². The number of nitrogens with one attached hydrogen (secondary N) is 1. The molecule has 0 unspecified atom stereocenters. The van der Waals surface area contributed by atoms with Crippen LogP contribution in [0.4, 0.5) is 14.5 Å². The number of hydrogen-bond donors (Lipinski definition) is 1. The van der Waals surface area contributed by atoms with Gasteiger partial charge in [-0.15, -0.1) is 0 Å². The van der Waals surface area contributed by atoms with E-state index in [4.69, 9.17) is 0 Å². The van der Waals surface area contributed by atoms with Crippen molar-refractivity contribution < 1.29 is 8.78 Å². The molecule has 1 nitrogen and oxygen atoms in total. The van der Waals surface area contributed by atoms with Crippen molar-refractivity contribution in [2.24, 2.45) is 5.92 Å². The normalized spacial score (nSPS) is 16.9. The van der Waals surface area contributed by atoms with E-state index in [1.54, 1.807) is 0 Å². The summed E-state index contributed by atoms with van der Waals surface area (Å²) in [7, 11) is 0. The average molecular weight is 211 g/mol. The molecule has 1 saturated carbocycles. The molecule has 0 saturated heterocycles. The standard InChI is InChI=1S/C12H15F2N/c13-10-6-3-7-11(14)12(10)15-8-9-4-1-2-5-9/h3,6-7,9,15H,1-2,4-5,8H2. The van der Waals surface area contributed by atoms with E-state index in [-0.39, 0.29) is 5.69 Å². The zero-order chi connectivity index (χ0) is 10.7. The zero-order valence-corrected chi connectivity index (χ0v) is 8.60. The first-order chi connectivity index (χ1) is 7.27. The number of halogens is 2. The minimum Gasteiger partial charge on any atom is -0.380 e. The predicted octanol–water partition coefficient (Wildman–Crippen LogP) is 3.57. The van der Waals surface area contributed by atoms with Crippen molar-refractivity contribution in [3.8, 4) is 0 Å². The molecule has 1 aliphatic rings. The topological polar surface area (TPSA) is 12.0 Å². The van der Waals surface area contributed by atoms with Crippen molar-refractivity contribution in [2.45, 2.75) is 25.7 Å². The highest BCUT2D eigenvalue weighted by molar-refractivity contribution is 5.45. The van der Waals surface area contributed by atoms with Crippen LogP contribution in [-0.4, -0.2) is 6.54 Å². The molecule has 1 aromatic carbocycles. The van der Waals surface area contributed by atoms with Gasteiger partial charge >= 0.3 is 0 Å². The van der Waals surface area contributed by atoms with Gasteiger partial charge in [0.05, 0.1) is 0 Å². The van der Waals surface area contributed by atoms with Crippen LogP contribution in [0.3, 0.4) is 0 Å². The lowest BCUT2D eigenvalue weighted by atomic mass is 10.1. The van der Waals surface area contributed by atoms with Crippen molar-refractivity contribution >= 4 is 5.69 Å². The molecule has 0 aliphatic heterocycles. The Morgan fingerprint density at radius 3 is 2.33 bits per heavy atom. The molecule has 1 N–H and O–H groups in total. The second kappa shape index (κ2) is 4.60. The minimum atomic E-state index is -0.506. The van der Waals surface area contributed by atoms with Gasteiger partial charge in [-0.2, -0.15) is 0 Å². The summed E-state index contributed by atoms with van der Waals surface area (Å²) in [5.74, 6) is -0.440. The Balaban J connectivity index is 1.97. The highest BCUT2D eigenvalue weighted by Gasteiger charge is 2.16. The van der Waals surface area contributed by atoms with Crippen LogP contribution in [-0.2, 0) is 0 Å². The summed E-state index contributed by atoms with van der Waals surface area (Å²) >= 11 is 0. The van der Waals surface area contributed by atoms with Crippen molar-refractivity contribution in [1.82, 2.24) is 0 Å². The number of rotatable bonds is 3. The maximum atomic E-state index is 13.2. The summed E-state index contributed by atoms with van der Waals surface area (Å²) in [5, 5.41) is 2.87. The summed E-state index contributed by atoms with van der Waals surface area (Å²) in [6, 6.07) is 3.94. The van der Waals surface area contributed by atoms with E-state index in [0.29, 0.717) is 12.5 Å². The first-order valence-electron chi connectivity index (χ1n) is 5.45. The summed E-state index contributed by atoms with van der Waals surface area (Å²) in [6.45, 7) is 0.678. The van der Waals surface area contributed by atoms with Gasteiger partial charge in [0.25, 0.3) is 0 Å².